The van der Waals surface area contributed by atoms with Crippen LogP contribution >= 0.6 is 0 Å². The minimum absolute atomic E-state index is 0.0144. The summed E-state index contributed by atoms with van der Waals surface area (Å²) in [5.74, 6) is 0. The van der Waals surface area contributed by atoms with Crippen LogP contribution in [0.1, 0.15) is 0 Å². The van der Waals surface area contributed by atoms with E-state index in [0.717, 1.165) is 0 Å². The second kappa shape index (κ2) is 4.53. The summed E-state index contributed by atoms with van der Waals surface area (Å²) in [6.45, 7) is 0. The number of nitrogens with zero attached hydrogens (tertiary/aromatic N) is 2. The van der Waals surface area contributed by atoms with Crippen molar-refractivity contribution in [3.63, 3.8) is 0 Å². The number of nitrogen functional groups attached to an aromatic ring is 1. The van der Waals surface area contributed by atoms with Crippen LogP contribution in [-0.4, -0.2) is 18.4 Å². The first-order valence-corrected chi connectivity index (χ1v) is 6.46. The van der Waals surface area contributed by atoms with E-state index < -0.39 is 10.0 Å². The SMILES string of the molecule is Nc1ccc(S(=O)(=O)/N=c2/ccccn2O)cc1. The molecule has 94 valence electrons. The predicted molar refractivity (Wildman–Crippen MR) is 65.2 cm³/mol. The quantitative estimate of drug-likeness (QED) is 0.613. The van der Waals surface area contributed by atoms with Crippen molar-refractivity contribution in [2.45, 2.75) is 4.90 Å². The summed E-state index contributed by atoms with van der Waals surface area (Å²) in [7, 11) is -3.86. The van der Waals surface area contributed by atoms with Gasteiger partial charge in [-0.25, -0.2) is 0 Å². The molecule has 1 aromatic carbocycles. The first-order valence-electron chi connectivity index (χ1n) is 5.02. The van der Waals surface area contributed by atoms with Gasteiger partial charge < -0.3 is 10.9 Å². The Morgan fingerprint density at radius 2 is 1.78 bits per heavy atom. The minimum Gasteiger partial charge on any atom is -0.427 e. The van der Waals surface area contributed by atoms with E-state index in [1.165, 1.54) is 36.5 Å². The third kappa shape index (κ3) is 2.51. The van der Waals surface area contributed by atoms with Crippen molar-refractivity contribution in [2.24, 2.45) is 4.40 Å². The molecule has 2 rings (SSSR count). The molecule has 0 radical (unpaired) electrons. The molecule has 0 saturated carbocycles. The minimum atomic E-state index is -3.86. The van der Waals surface area contributed by atoms with Crippen LogP contribution < -0.4 is 11.2 Å². The van der Waals surface area contributed by atoms with E-state index in [1.54, 1.807) is 12.1 Å². The van der Waals surface area contributed by atoms with Crippen LogP contribution in [0.2, 0.25) is 0 Å². The standard InChI is InChI=1S/C11H11N3O3S/c12-9-4-6-10(7-5-9)18(16,17)13-11-3-1-2-8-14(11)15/h1-8,15H,12H2/b13-11-. The lowest BCUT2D eigenvalue weighted by atomic mass is 10.3. The van der Waals surface area contributed by atoms with Gasteiger partial charge in [-0.2, -0.15) is 13.1 Å². The van der Waals surface area contributed by atoms with E-state index in [4.69, 9.17) is 5.73 Å². The molecular weight excluding hydrogens is 254 g/mol. The van der Waals surface area contributed by atoms with Crippen molar-refractivity contribution >= 4 is 15.7 Å². The van der Waals surface area contributed by atoms with E-state index in [9.17, 15) is 13.6 Å². The molecular formula is C11H11N3O3S. The zero-order valence-electron chi connectivity index (χ0n) is 9.26. The second-order valence-electron chi connectivity index (χ2n) is 3.54. The average molecular weight is 265 g/mol. The van der Waals surface area contributed by atoms with Gasteiger partial charge in [-0.3, -0.25) is 0 Å². The summed E-state index contributed by atoms with van der Waals surface area (Å²) in [6, 6.07) is 10.2. The lowest BCUT2D eigenvalue weighted by molar-refractivity contribution is 0.172. The van der Waals surface area contributed by atoms with Gasteiger partial charge in [0.1, 0.15) is 0 Å². The third-order valence-electron chi connectivity index (χ3n) is 2.21. The van der Waals surface area contributed by atoms with Gasteiger partial charge in [-0.1, -0.05) is 6.07 Å². The van der Waals surface area contributed by atoms with Crippen molar-refractivity contribution in [2.75, 3.05) is 5.73 Å². The van der Waals surface area contributed by atoms with Crippen LogP contribution in [-0.2, 0) is 10.0 Å². The molecule has 6 nitrogen and oxygen atoms in total. The number of aromatic nitrogens is 1. The highest BCUT2D eigenvalue weighted by Gasteiger charge is 2.12. The summed E-state index contributed by atoms with van der Waals surface area (Å²) >= 11 is 0. The molecule has 0 fully saturated rings. The third-order valence-corrected chi connectivity index (χ3v) is 3.51. The Morgan fingerprint density at radius 1 is 1.11 bits per heavy atom. The highest BCUT2D eigenvalue weighted by atomic mass is 32.2. The molecule has 2 aromatic rings. The number of hydrogen-bond acceptors (Lipinski definition) is 4. The van der Waals surface area contributed by atoms with E-state index in [2.05, 4.69) is 4.40 Å². The van der Waals surface area contributed by atoms with Crippen molar-refractivity contribution in [3.05, 3.63) is 54.1 Å². The van der Waals surface area contributed by atoms with E-state index in [-0.39, 0.29) is 10.4 Å². The Labute approximate surface area is 104 Å². The molecule has 18 heavy (non-hydrogen) atoms. The molecule has 0 saturated heterocycles. The molecule has 0 bridgehead atoms. The lowest BCUT2D eigenvalue weighted by Gasteiger charge is -2.00. The fourth-order valence-corrected chi connectivity index (χ4v) is 2.29. The maximum atomic E-state index is 11.9. The van der Waals surface area contributed by atoms with Gasteiger partial charge >= 0.3 is 0 Å². The number of nitrogens with two attached hydrogens (primary N) is 1. The van der Waals surface area contributed by atoms with Crippen LogP contribution in [0.3, 0.4) is 0 Å². The highest BCUT2D eigenvalue weighted by molar-refractivity contribution is 7.90. The van der Waals surface area contributed by atoms with Crippen LogP contribution in [0.15, 0.2) is 58.0 Å². The Kier molecular flexibility index (Phi) is 3.07. The smallest absolute Gasteiger partial charge is 0.284 e. The molecule has 0 aliphatic carbocycles. The van der Waals surface area contributed by atoms with Crippen LogP contribution in [0.4, 0.5) is 5.69 Å². The number of rotatable bonds is 2. The molecule has 0 spiro atoms. The Hall–Kier alpha value is -2.28. The maximum Gasteiger partial charge on any atom is 0.284 e. The monoisotopic (exact) mass is 265 g/mol. The van der Waals surface area contributed by atoms with Crippen molar-refractivity contribution < 1.29 is 13.6 Å². The zero-order valence-corrected chi connectivity index (χ0v) is 10.1. The van der Waals surface area contributed by atoms with Gasteiger partial charge in [-0.05, 0) is 36.4 Å². The number of anilines is 1. The normalized spacial score (nSPS) is 12.6. The summed E-state index contributed by atoms with van der Waals surface area (Å²) in [5, 5.41) is 9.40. The number of hydrogen-bond donors (Lipinski definition) is 2. The number of benzene rings is 1. The van der Waals surface area contributed by atoms with Gasteiger partial charge in [0.05, 0.1) is 4.90 Å². The van der Waals surface area contributed by atoms with Gasteiger partial charge in [0, 0.05) is 11.9 Å². The average Bonchev–Trinajstić information content (AvgIpc) is 2.32. The van der Waals surface area contributed by atoms with E-state index >= 15 is 0 Å². The van der Waals surface area contributed by atoms with Crippen molar-refractivity contribution in [3.8, 4) is 0 Å². The molecule has 3 N–H and O–H groups in total. The Bertz CT molecular complexity index is 718. The zero-order chi connectivity index (χ0) is 13.2. The van der Waals surface area contributed by atoms with Crippen LogP contribution in [0.25, 0.3) is 0 Å². The Balaban J connectivity index is 2.55. The fraction of sp³-hybridized carbons (Fsp3) is 0. The highest BCUT2D eigenvalue weighted by Crippen LogP contribution is 2.13. The molecule has 0 atom stereocenters. The van der Waals surface area contributed by atoms with Crippen LogP contribution in [0.5, 0.6) is 0 Å². The van der Waals surface area contributed by atoms with Gasteiger partial charge in [-0.15, -0.1) is 4.40 Å². The number of sulfonamides is 1. The summed E-state index contributed by atoms with van der Waals surface area (Å²) in [6.07, 6.45) is 1.29. The first-order chi connectivity index (χ1) is 8.49. The number of pyridine rings is 1. The fourth-order valence-electron chi connectivity index (χ4n) is 1.31. The van der Waals surface area contributed by atoms with Gasteiger partial charge in [0.15, 0.2) is 5.49 Å². The first kappa shape index (κ1) is 12.2. The molecule has 1 aromatic heterocycles. The molecule has 0 unspecified atom stereocenters. The molecule has 7 heteroatoms. The molecule has 0 aliphatic rings. The topological polar surface area (TPSA) is 97.7 Å². The van der Waals surface area contributed by atoms with E-state index in [0.29, 0.717) is 10.4 Å². The molecule has 0 amide bonds. The van der Waals surface area contributed by atoms with Crippen molar-refractivity contribution in [1.29, 1.82) is 0 Å². The largest absolute Gasteiger partial charge is 0.427 e. The lowest BCUT2D eigenvalue weighted by Crippen LogP contribution is -2.19. The molecule has 0 aliphatic heterocycles. The predicted octanol–water partition coefficient (Wildman–Crippen LogP) is 0.597. The summed E-state index contributed by atoms with van der Waals surface area (Å²) < 4.78 is 28.0. The summed E-state index contributed by atoms with van der Waals surface area (Å²) in [4.78, 5) is 0.0144. The van der Waals surface area contributed by atoms with Crippen LogP contribution in [0, 0.1) is 0 Å². The van der Waals surface area contributed by atoms with Gasteiger partial charge in [0.25, 0.3) is 10.0 Å². The maximum absolute atomic E-state index is 11.9. The van der Waals surface area contributed by atoms with E-state index in [1.807, 2.05) is 0 Å². The van der Waals surface area contributed by atoms with Gasteiger partial charge in [0.2, 0.25) is 0 Å². The Morgan fingerprint density at radius 3 is 2.39 bits per heavy atom. The molecule has 1 heterocycles. The summed E-state index contributed by atoms with van der Waals surface area (Å²) in [5.41, 5.74) is 5.87. The van der Waals surface area contributed by atoms with Crippen molar-refractivity contribution in [1.82, 2.24) is 4.73 Å². The second-order valence-corrected chi connectivity index (χ2v) is 5.14.